The molecule has 0 N–H and O–H groups in total. The molecule has 0 unspecified atom stereocenters. The van der Waals surface area contributed by atoms with Gasteiger partial charge < -0.3 is 0 Å². The minimum Gasteiger partial charge on any atom is -0.293 e. The number of carbonyl (C=O) groups is 2. The second kappa shape index (κ2) is 3.41. The van der Waals surface area contributed by atoms with E-state index in [2.05, 4.69) is 0 Å². The fraction of sp³-hybridized carbons (Fsp3) is 0.176. The summed E-state index contributed by atoms with van der Waals surface area (Å²) >= 11 is 0. The highest BCUT2D eigenvalue weighted by molar-refractivity contribution is 6.32. The lowest BCUT2D eigenvalue weighted by molar-refractivity contribution is 0.0809. The van der Waals surface area contributed by atoms with Crippen molar-refractivity contribution in [3.05, 3.63) is 71.3 Å². The van der Waals surface area contributed by atoms with Gasteiger partial charge in [-0.05, 0) is 12.0 Å². The van der Waals surface area contributed by atoms with Gasteiger partial charge in [-0.3, -0.25) is 9.59 Å². The Bertz CT molecular complexity index is 665. The van der Waals surface area contributed by atoms with Crippen LogP contribution in [0.2, 0.25) is 0 Å². The van der Waals surface area contributed by atoms with Crippen LogP contribution < -0.4 is 0 Å². The van der Waals surface area contributed by atoms with Gasteiger partial charge >= 0.3 is 0 Å². The molecular formula is C17H12O2. The van der Waals surface area contributed by atoms with Crippen LogP contribution in [0.25, 0.3) is 0 Å². The topological polar surface area (TPSA) is 34.1 Å². The van der Waals surface area contributed by atoms with Crippen LogP contribution in [0.1, 0.15) is 38.6 Å². The zero-order valence-electron chi connectivity index (χ0n) is 10.3. The minimum atomic E-state index is -0.787. The standard InChI is InChI=1S/C17H12O2/c18-15-12-8-4-5-9-13(12)16(19)17(15)10-14(17)11-6-2-1-3-7-11/h1-9,14H,10H2/t14-/m1/s1. The van der Waals surface area contributed by atoms with Gasteiger partial charge in [0, 0.05) is 17.0 Å². The Morgan fingerprint density at radius 3 is 1.89 bits per heavy atom. The van der Waals surface area contributed by atoms with Gasteiger partial charge in [-0.1, -0.05) is 54.6 Å². The zero-order chi connectivity index (χ0) is 13.0. The van der Waals surface area contributed by atoms with Crippen molar-refractivity contribution >= 4 is 11.6 Å². The van der Waals surface area contributed by atoms with E-state index >= 15 is 0 Å². The van der Waals surface area contributed by atoms with Gasteiger partial charge in [-0.15, -0.1) is 0 Å². The van der Waals surface area contributed by atoms with E-state index in [4.69, 9.17) is 0 Å². The van der Waals surface area contributed by atoms with Crippen LogP contribution in [0, 0.1) is 5.41 Å². The van der Waals surface area contributed by atoms with Crippen molar-refractivity contribution in [1.29, 1.82) is 0 Å². The highest BCUT2D eigenvalue weighted by Gasteiger charge is 2.68. The van der Waals surface area contributed by atoms with Crippen LogP contribution >= 0.6 is 0 Å². The second-order valence-corrected chi connectivity index (χ2v) is 5.34. The van der Waals surface area contributed by atoms with Gasteiger partial charge in [-0.2, -0.15) is 0 Å². The first-order valence-corrected chi connectivity index (χ1v) is 6.49. The molecule has 1 saturated carbocycles. The maximum Gasteiger partial charge on any atom is 0.178 e. The summed E-state index contributed by atoms with van der Waals surface area (Å²) in [4.78, 5) is 25.1. The van der Waals surface area contributed by atoms with Crippen molar-refractivity contribution in [2.24, 2.45) is 5.41 Å². The van der Waals surface area contributed by atoms with Crippen molar-refractivity contribution in [2.45, 2.75) is 12.3 Å². The first kappa shape index (κ1) is 10.7. The third-order valence-electron chi connectivity index (χ3n) is 4.39. The summed E-state index contributed by atoms with van der Waals surface area (Å²) in [5, 5.41) is 0. The number of hydrogen-bond acceptors (Lipinski definition) is 2. The molecule has 0 bridgehead atoms. The molecule has 19 heavy (non-hydrogen) atoms. The summed E-state index contributed by atoms with van der Waals surface area (Å²) in [7, 11) is 0. The third kappa shape index (κ3) is 1.21. The maximum absolute atomic E-state index is 12.6. The van der Waals surface area contributed by atoms with Gasteiger partial charge in [0.15, 0.2) is 11.6 Å². The molecule has 1 fully saturated rings. The van der Waals surface area contributed by atoms with E-state index in [-0.39, 0.29) is 17.5 Å². The van der Waals surface area contributed by atoms with Crippen molar-refractivity contribution in [3.8, 4) is 0 Å². The molecule has 1 spiro atoms. The Hall–Kier alpha value is -2.22. The number of Topliss-reactive ketones (excluding diaryl/α,β-unsaturated/α-hetero) is 2. The van der Waals surface area contributed by atoms with E-state index in [1.54, 1.807) is 12.1 Å². The Balaban J connectivity index is 1.81. The lowest BCUT2D eigenvalue weighted by Gasteiger charge is -2.05. The van der Waals surface area contributed by atoms with Crippen LogP contribution in [0.15, 0.2) is 54.6 Å². The van der Waals surface area contributed by atoms with Gasteiger partial charge in [-0.25, -0.2) is 0 Å². The molecular weight excluding hydrogens is 236 g/mol. The molecule has 0 saturated heterocycles. The molecule has 0 radical (unpaired) electrons. The first-order valence-electron chi connectivity index (χ1n) is 6.49. The summed E-state index contributed by atoms with van der Waals surface area (Å²) in [5.41, 5.74) is 1.51. The van der Waals surface area contributed by atoms with Crippen LogP contribution in [-0.4, -0.2) is 11.6 Å². The average Bonchev–Trinajstić information content (AvgIpc) is 3.19. The van der Waals surface area contributed by atoms with Crippen molar-refractivity contribution in [3.63, 3.8) is 0 Å². The summed E-state index contributed by atoms with van der Waals surface area (Å²) in [6, 6.07) is 17.1. The molecule has 2 nitrogen and oxygen atoms in total. The Morgan fingerprint density at radius 1 is 0.789 bits per heavy atom. The molecule has 4 rings (SSSR count). The van der Waals surface area contributed by atoms with E-state index in [1.807, 2.05) is 42.5 Å². The number of hydrogen-bond donors (Lipinski definition) is 0. The minimum absolute atomic E-state index is 0.0157. The summed E-state index contributed by atoms with van der Waals surface area (Å²) in [6.45, 7) is 0. The molecule has 2 aromatic rings. The number of rotatable bonds is 1. The SMILES string of the molecule is O=C1c2ccccc2C(=O)C12C[C@@H]2c1ccccc1. The first-order chi connectivity index (χ1) is 9.25. The molecule has 0 heterocycles. The van der Waals surface area contributed by atoms with Gasteiger partial charge in [0.05, 0.1) is 0 Å². The van der Waals surface area contributed by atoms with E-state index in [9.17, 15) is 9.59 Å². The van der Waals surface area contributed by atoms with E-state index < -0.39 is 5.41 Å². The lowest BCUT2D eigenvalue weighted by atomic mass is 9.94. The van der Waals surface area contributed by atoms with E-state index in [0.717, 1.165) is 5.56 Å². The van der Waals surface area contributed by atoms with Gasteiger partial charge in [0.1, 0.15) is 5.41 Å². The molecule has 0 amide bonds. The van der Waals surface area contributed by atoms with Crippen LogP contribution in [0.3, 0.4) is 0 Å². The molecule has 2 aromatic carbocycles. The highest BCUT2D eigenvalue weighted by atomic mass is 16.2. The third-order valence-corrected chi connectivity index (χ3v) is 4.39. The fourth-order valence-corrected chi connectivity index (χ4v) is 3.32. The Labute approximate surface area is 111 Å². The quantitative estimate of drug-likeness (QED) is 0.726. The van der Waals surface area contributed by atoms with Crippen molar-refractivity contribution in [2.75, 3.05) is 0 Å². The van der Waals surface area contributed by atoms with Crippen molar-refractivity contribution < 1.29 is 9.59 Å². The van der Waals surface area contributed by atoms with E-state index in [1.165, 1.54) is 0 Å². The normalized spacial score (nSPS) is 22.6. The number of ketones is 2. The van der Waals surface area contributed by atoms with Crippen LogP contribution in [0.5, 0.6) is 0 Å². The molecule has 2 aliphatic carbocycles. The van der Waals surface area contributed by atoms with Gasteiger partial charge in [0.25, 0.3) is 0 Å². The van der Waals surface area contributed by atoms with Crippen LogP contribution in [-0.2, 0) is 0 Å². The van der Waals surface area contributed by atoms with Crippen molar-refractivity contribution in [1.82, 2.24) is 0 Å². The van der Waals surface area contributed by atoms with Gasteiger partial charge in [0.2, 0.25) is 0 Å². The van der Waals surface area contributed by atoms with Crippen LogP contribution in [0.4, 0.5) is 0 Å². The monoisotopic (exact) mass is 248 g/mol. The smallest absolute Gasteiger partial charge is 0.178 e. The summed E-state index contributed by atoms with van der Waals surface area (Å²) in [6.07, 6.45) is 0.656. The summed E-state index contributed by atoms with van der Waals surface area (Å²) in [5.74, 6) is 0.0880. The second-order valence-electron chi connectivity index (χ2n) is 5.34. The predicted octanol–water partition coefficient (Wildman–Crippen LogP) is 3.24. The largest absolute Gasteiger partial charge is 0.293 e. The number of benzene rings is 2. The van der Waals surface area contributed by atoms with E-state index in [0.29, 0.717) is 17.5 Å². The number of fused-ring (bicyclic) bond motifs is 1. The highest BCUT2D eigenvalue weighted by Crippen LogP contribution is 2.65. The predicted molar refractivity (Wildman–Crippen MR) is 71.3 cm³/mol. The lowest BCUT2D eigenvalue weighted by Crippen LogP contribution is -2.18. The molecule has 0 aromatic heterocycles. The maximum atomic E-state index is 12.6. The molecule has 92 valence electrons. The molecule has 2 heteroatoms. The number of carbonyl (C=O) groups excluding carboxylic acids is 2. The summed E-state index contributed by atoms with van der Waals surface area (Å²) < 4.78 is 0. The fourth-order valence-electron chi connectivity index (χ4n) is 3.32. The Kier molecular flexibility index (Phi) is 1.92. The molecule has 0 aliphatic heterocycles. The molecule has 2 aliphatic rings. The molecule has 1 atom stereocenters. The zero-order valence-corrected chi connectivity index (χ0v) is 10.3. The average molecular weight is 248 g/mol. The Morgan fingerprint density at radius 2 is 1.32 bits per heavy atom.